The smallest absolute Gasteiger partial charge is 0.373 e. The van der Waals surface area contributed by atoms with E-state index < -0.39 is 70.3 Å². The van der Waals surface area contributed by atoms with Crippen LogP contribution in [0.3, 0.4) is 0 Å². The molecule has 0 unspecified atom stereocenters. The van der Waals surface area contributed by atoms with E-state index in [0.717, 1.165) is 5.57 Å². The Balaban J connectivity index is 1.70. The van der Waals surface area contributed by atoms with Crippen LogP contribution in [0.5, 0.6) is 0 Å². The molecule has 2 N–H and O–H groups in total. The minimum atomic E-state index is -2.01. The molecule has 3 aliphatic rings. The number of cyclic esters (lactones) is 1. The summed E-state index contributed by atoms with van der Waals surface area (Å²) in [5, 5.41) is 23.3. The van der Waals surface area contributed by atoms with Gasteiger partial charge in [0.1, 0.15) is 18.3 Å². The van der Waals surface area contributed by atoms with E-state index in [1.54, 1.807) is 49.4 Å². The fourth-order valence-corrected chi connectivity index (χ4v) is 7.60. The number of aliphatic hydroxyl groups is 2. The average Bonchev–Trinajstić information content (AvgIpc) is 3.35. The highest BCUT2D eigenvalue weighted by Gasteiger charge is 2.73. The Morgan fingerprint density at radius 2 is 1.67 bits per heavy atom. The first-order valence-corrected chi connectivity index (χ1v) is 15.2. The summed E-state index contributed by atoms with van der Waals surface area (Å²) in [6, 6.07) is 11.4. The van der Waals surface area contributed by atoms with Crippen LogP contribution in [0.2, 0.25) is 0 Å². The Morgan fingerprint density at radius 1 is 1.02 bits per heavy atom. The van der Waals surface area contributed by atoms with Gasteiger partial charge in [-0.2, -0.15) is 0 Å². The molecule has 0 spiro atoms. The molecular formula is C35H39NO10. The largest absolute Gasteiger partial charge is 0.502 e. The van der Waals surface area contributed by atoms with Crippen molar-refractivity contribution < 1.29 is 48.3 Å². The molecule has 0 bridgehead atoms. The summed E-state index contributed by atoms with van der Waals surface area (Å²) in [5.41, 5.74) is -3.04. The van der Waals surface area contributed by atoms with Crippen LogP contribution in [0.25, 0.3) is 0 Å². The zero-order chi connectivity index (χ0) is 33.4. The molecule has 11 nitrogen and oxygen atoms in total. The topological polar surface area (TPSA) is 159 Å². The number of ether oxygens (including phenoxy) is 4. The Morgan fingerprint density at radius 3 is 2.28 bits per heavy atom. The highest BCUT2D eigenvalue weighted by molar-refractivity contribution is 5.90. The van der Waals surface area contributed by atoms with E-state index in [1.807, 2.05) is 19.9 Å². The van der Waals surface area contributed by atoms with Crippen molar-refractivity contribution in [3.05, 3.63) is 89.0 Å². The van der Waals surface area contributed by atoms with Gasteiger partial charge in [0.25, 0.3) is 0 Å². The zero-order valence-corrected chi connectivity index (χ0v) is 26.5. The van der Waals surface area contributed by atoms with E-state index in [-0.39, 0.29) is 29.7 Å². The quantitative estimate of drug-likeness (QED) is 0.237. The molecule has 2 aromatic rings. The molecule has 5 rings (SSSR count). The van der Waals surface area contributed by atoms with Gasteiger partial charge in [0.05, 0.1) is 11.1 Å². The number of fused-ring (bicyclic) bond motifs is 1. The number of hydrogen-bond acceptors (Lipinski definition) is 11. The van der Waals surface area contributed by atoms with Gasteiger partial charge in [-0.15, -0.1) is 0 Å². The van der Waals surface area contributed by atoms with Crippen molar-refractivity contribution in [2.75, 3.05) is 6.61 Å². The fourth-order valence-electron chi connectivity index (χ4n) is 7.60. The van der Waals surface area contributed by atoms with Crippen LogP contribution >= 0.6 is 0 Å². The third kappa shape index (κ3) is 5.46. The number of carbonyl (C=O) groups excluding carboxylic acids is 4. The van der Waals surface area contributed by atoms with Crippen molar-refractivity contribution in [1.29, 1.82) is 0 Å². The maximum absolute atomic E-state index is 13.7. The predicted molar refractivity (Wildman–Crippen MR) is 163 cm³/mol. The molecule has 7 atom stereocenters. The van der Waals surface area contributed by atoms with Gasteiger partial charge in [-0.1, -0.05) is 43.7 Å². The van der Waals surface area contributed by atoms with Gasteiger partial charge in [0.15, 0.2) is 12.2 Å². The molecular weight excluding hydrogens is 594 g/mol. The lowest BCUT2D eigenvalue weighted by atomic mass is 9.42. The van der Waals surface area contributed by atoms with Crippen LogP contribution in [0.4, 0.5) is 0 Å². The molecule has 11 heteroatoms. The first-order valence-electron chi connectivity index (χ1n) is 15.2. The summed E-state index contributed by atoms with van der Waals surface area (Å²) in [6.45, 7) is 8.04. The molecule has 1 aliphatic heterocycles. The van der Waals surface area contributed by atoms with Gasteiger partial charge in [-0.05, 0) is 56.9 Å². The number of hydrogen-bond donors (Lipinski definition) is 2. The lowest BCUT2D eigenvalue weighted by molar-refractivity contribution is -0.290. The van der Waals surface area contributed by atoms with Gasteiger partial charge in [-0.3, -0.25) is 9.78 Å². The number of carbonyl (C=O) groups is 4. The summed E-state index contributed by atoms with van der Waals surface area (Å²) in [6.07, 6.45) is 2.06. The number of allylic oxidation sites excluding steroid dienone is 1. The minimum absolute atomic E-state index is 0.140. The van der Waals surface area contributed by atoms with Crippen molar-refractivity contribution in [2.24, 2.45) is 16.7 Å². The second-order valence-corrected chi connectivity index (χ2v) is 12.8. The summed E-state index contributed by atoms with van der Waals surface area (Å²) in [7, 11) is 0. The first-order chi connectivity index (χ1) is 21.7. The second-order valence-electron chi connectivity index (χ2n) is 12.8. The van der Waals surface area contributed by atoms with Crippen molar-refractivity contribution in [3.63, 3.8) is 0 Å². The summed E-state index contributed by atoms with van der Waals surface area (Å²) < 4.78 is 23.4. The second kappa shape index (κ2) is 12.4. The van der Waals surface area contributed by atoms with E-state index in [1.165, 1.54) is 26.2 Å². The molecule has 1 aromatic heterocycles. The summed E-state index contributed by atoms with van der Waals surface area (Å²) >= 11 is 0. The Hall–Kier alpha value is -4.51. The summed E-state index contributed by atoms with van der Waals surface area (Å²) in [5.74, 6) is -4.12. The van der Waals surface area contributed by atoms with Gasteiger partial charge >= 0.3 is 23.9 Å². The molecule has 0 amide bonds. The number of esters is 4. The highest BCUT2D eigenvalue weighted by atomic mass is 16.6. The number of nitrogens with zero attached hydrogens (tertiary/aromatic N) is 1. The van der Waals surface area contributed by atoms with Gasteiger partial charge in [0.2, 0.25) is 5.76 Å². The van der Waals surface area contributed by atoms with Crippen LogP contribution in [-0.2, 0) is 28.5 Å². The monoisotopic (exact) mass is 633 g/mol. The van der Waals surface area contributed by atoms with E-state index in [2.05, 4.69) is 4.98 Å². The predicted octanol–water partition coefficient (Wildman–Crippen LogP) is 4.66. The van der Waals surface area contributed by atoms with Gasteiger partial charge in [0, 0.05) is 42.1 Å². The van der Waals surface area contributed by atoms with E-state index in [0.29, 0.717) is 12.8 Å². The minimum Gasteiger partial charge on any atom is -0.502 e. The lowest BCUT2D eigenvalue weighted by Gasteiger charge is -2.66. The molecule has 2 aliphatic carbocycles. The number of pyridine rings is 1. The van der Waals surface area contributed by atoms with Gasteiger partial charge in [-0.25, -0.2) is 14.4 Å². The molecule has 46 heavy (non-hydrogen) atoms. The molecule has 0 radical (unpaired) electrons. The molecule has 2 heterocycles. The standard InChI is InChI=1S/C35H39NO10/c1-20-11-9-15-25-33(20,3)28(45-31(40)23-14-10-16-36-18-23)29(46-30(39)22-12-7-6-8-13-22)35(5,42)34(25,4)26(44-21(2)37)17-24-19-43-32(41)27(24)38/h6-8,10-14,16,18,25-26,28-29,38,42H,9,15,17,19H2,1-5H3/t25-,26-,28-,29-,33-,34-,35-/m0/s1. The fraction of sp³-hybridized carbons (Fsp3) is 0.457. The van der Waals surface area contributed by atoms with Crippen LogP contribution < -0.4 is 0 Å². The lowest BCUT2D eigenvalue weighted by Crippen LogP contribution is -2.75. The number of aliphatic hydroxyl groups excluding tert-OH is 1. The van der Waals surface area contributed by atoms with Crippen LogP contribution in [0.15, 0.2) is 77.8 Å². The Bertz CT molecular complexity index is 1580. The Kier molecular flexibility index (Phi) is 8.83. The molecule has 244 valence electrons. The summed E-state index contributed by atoms with van der Waals surface area (Å²) in [4.78, 5) is 56.0. The number of benzene rings is 1. The highest BCUT2D eigenvalue weighted by Crippen LogP contribution is 2.65. The van der Waals surface area contributed by atoms with Gasteiger partial charge < -0.3 is 29.2 Å². The normalized spacial score (nSPS) is 31.2. The van der Waals surface area contributed by atoms with Crippen LogP contribution in [0, 0.1) is 16.7 Å². The van der Waals surface area contributed by atoms with Crippen LogP contribution in [0.1, 0.15) is 74.6 Å². The third-order valence-corrected chi connectivity index (χ3v) is 10.4. The molecule has 1 aromatic carbocycles. The van der Waals surface area contributed by atoms with Crippen molar-refractivity contribution in [3.8, 4) is 0 Å². The number of aromatic nitrogens is 1. The van der Waals surface area contributed by atoms with E-state index in [9.17, 15) is 29.4 Å². The van der Waals surface area contributed by atoms with E-state index >= 15 is 0 Å². The van der Waals surface area contributed by atoms with Crippen molar-refractivity contribution in [1.82, 2.24) is 4.98 Å². The Labute approximate surface area is 267 Å². The van der Waals surface area contributed by atoms with E-state index in [4.69, 9.17) is 18.9 Å². The third-order valence-electron chi connectivity index (χ3n) is 10.4. The average molecular weight is 634 g/mol. The maximum Gasteiger partial charge on any atom is 0.373 e. The van der Waals surface area contributed by atoms with Crippen molar-refractivity contribution in [2.45, 2.75) is 77.8 Å². The molecule has 0 saturated heterocycles. The van der Waals surface area contributed by atoms with Crippen molar-refractivity contribution >= 4 is 23.9 Å². The SMILES string of the molecule is CC(=O)O[C@@H](CC1=C(O)C(=O)OC1)[C@]1(C)[C@H]2CCC=C(C)[C@]2(C)[C@@H](OC(=O)c2cccnc2)[C@H](OC(=O)c2ccccc2)[C@]1(C)O. The molecule has 1 saturated carbocycles. The molecule has 1 fully saturated rings. The van der Waals surface area contributed by atoms with Crippen LogP contribution in [-0.4, -0.2) is 69.6 Å². The number of rotatable bonds is 8. The maximum atomic E-state index is 13.7. The zero-order valence-electron chi connectivity index (χ0n) is 26.5. The first kappa shape index (κ1) is 32.9.